The number of nitrogens with zero attached hydrogens (tertiary/aromatic N) is 2. The summed E-state index contributed by atoms with van der Waals surface area (Å²) in [4.78, 5) is 18.2. The van der Waals surface area contributed by atoms with E-state index in [1.54, 1.807) is 30.1 Å². The number of hydrogen-bond donors (Lipinski definition) is 1. The molecule has 0 aliphatic rings. The maximum Gasteiger partial charge on any atom is 0.322 e. The van der Waals surface area contributed by atoms with Crippen LogP contribution in [0.1, 0.15) is 17.6 Å². The molecule has 1 aromatic carbocycles. The number of rotatable bonds is 5. The van der Waals surface area contributed by atoms with Crippen LogP contribution in [0.5, 0.6) is 5.75 Å². The normalized spacial score (nSPS) is 10.4. The topological polar surface area (TPSA) is 54.5 Å². The van der Waals surface area contributed by atoms with Crippen molar-refractivity contribution in [1.82, 2.24) is 9.88 Å². The van der Waals surface area contributed by atoms with Crippen molar-refractivity contribution in [3.05, 3.63) is 39.3 Å². The maximum absolute atomic E-state index is 12.3. The summed E-state index contributed by atoms with van der Waals surface area (Å²) in [5, 5.41) is 6.15. The second-order valence-electron chi connectivity index (χ2n) is 4.72. The van der Waals surface area contributed by atoms with Gasteiger partial charge in [-0.1, -0.05) is 17.7 Å². The lowest BCUT2D eigenvalue weighted by molar-refractivity contribution is 0.220. The molecule has 0 bridgehead atoms. The molecular formula is C15H18ClN3O2S. The lowest BCUT2D eigenvalue weighted by atomic mass is 10.3. The second-order valence-corrected chi connectivity index (χ2v) is 6.07. The van der Waals surface area contributed by atoms with Gasteiger partial charge >= 0.3 is 6.03 Å². The number of amides is 2. The van der Waals surface area contributed by atoms with Crippen LogP contribution < -0.4 is 10.1 Å². The molecule has 2 amide bonds. The van der Waals surface area contributed by atoms with E-state index in [0.29, 0.717) is 29.6 Å². The monoisotopic (exact) mass is 339 g/mol. The van der Waals surface area contributed by atoms with Crippen molar-refractivity contribution >= 4 is 34.7 Å². The molecule has 0 saturated carbocycles. The Kier molecular flexibility index (Phi) is 5.63. The first-order valence-corrected chi connectivity index (χ1v) is 8.11. The van der Waals surface area contributed by atoms with E-state index in [-0.39, 0.29) is 6.03 Å². The Labute approximate surface area is 138 Å². The molecule has 0 fully saturated rings. The quantitative estimate of drug-likeness (QED) is 0.889. The van der Waals surface area contributed by atoms with Gasteiger partial charge in [0, 0.05) is 18.1 Å². The fourth-order valence-electron chi connectivity index (χ4n) is 1.86. The van der Waals surface area contributed by atoms with Crippen molar-refractivity contribution in [1.29, 1.82) is 0 Å². The summed E-state index contributed by atoms with van der Waals surface area (Å²) in [7, 11) is 1.72. The number of carbonyl (C=O) groups is 1. The number of ether oxygens (including phenoxy) is 1. The van der Waals surface area contributed by atoms with Gasteiger partial charge in [-0.2, -0.15) is 0 Å². The Bertz CT molecular complexity index is 660. The van der Waals surface area contributed by atoms with Crippen LogP contribution in [0.25, 0.3) is 0 Å². The lowest BCUT2D eigenvalue weighted by Crippen LogP contribution is -2.31. The predicted octanol–water partition coefficient (Wildman–Crippen LogP) is 4.17. The Balaban J connectivity index is 2.06. The summed E-state index contributed by atoms with van der Waals surface area (Å²) in [5.41, 5.74) is 1.52. The minimum atomic E-state index is -0.240. The Morgan fingerprint density at radius 1 is 1.50 bits per heavy atom. The molecule has 1 aromatic heterocycles. The first kappa shape index (κ1) is 16.6. The number of thiazole rings is 1. The average Bonchev–Trinajstić information content (AvgIpc) is 2.88. The molecule has 1 heterocycles. The van der Waals surface area contributed by atoms with E-state index in [2.05, 4.69) is 10.3 Å². The number of aromatic nitrogens is 1. The number of urea groups is 1. The van der Waals surface area contributed by atoms with Crippen molar-refractivity contribution < 1.29 is 9.53 Å². The largest absolute Gasteiger partial charge is 0.490 e. The van der Waals surface area contributed by atoms with Crippen molar-refractivity contribution in [3.8, 4) is 5.75 Å². The second kappa shape index (κ2) is 7.47. The number of nitrogens with one attached hydrogen (secondary N) is 1. The van der Waals surface area contributed by atoms with Gasteiger partial charge in [-0.25, -0.2) is 9.78 Å². The third-order valence-corrected chi connectivity index (χ3v) is 4.13. The SMILES string of the molecule is CCOc1c(Cl)cccc1NC(=O)N(C)Cc1nc(C)cs1. The van der Waals surface area contributed by atoms with E-state index in [9.17, 15) is 4.79 Å². The van der Waals surface area contributed by atoms with Gasteiger partial charge in [-0.15, -0.1) is 11.3 Å². The minimum absolute atomic E-state index is 0.240. The summed E-state index contributed by atoms with van der Waals surface area (Å²) in [6.45, 7) is 4.72. The van der Waals surface area contributed by atoms with Gasteiger partial charge in [0.25, 0.3) is 0 Å². The summed E-state index contributed by atoms with van der Waals surface area (Å²) >= 11 is 7.64. The van der Waals surface area contributed by atoms with Gasteiger partial charge in [0.1, 0.15) is 5.01 Å². The fraction of sp³-hybridized carbons (Fsp3) is 0.333. The predicted molar refractivity (Wildman–Crippen MR) is 90.0 cm³/mol. The van der Waals surface area contributed by atoms with Crippen LogP contribution in [0.3, 0.4) is 0 Å². The summed E-state index contributed by atoms with van der Waals surface area (Å²) in [5.74, 6) is 0.485. The van der Waals surface area contributed by atoms with Crippen LogP contribution >= 0.6 is 22.9 Å². The maximum atomic E-state index is 12.3. The summed E-state index contributed by atoms with van der Waals surface area (Å²) in [6.07, 6.45) is 0. The van der Waals surface area contributed by atoms with Crippen molar-refractivity contribution in [2.24, 2.45) is 0 Å². The number of benzene rings is 1. The van der Waals surface area contributed by atoms with Gasteiger partial charge in [-0.05, 0) is 26.0 Å². The standard InChI is InChI=1S/C15H18ClN3O2S/c1-4-21-14-11(16)6-5-7-12(14)18-15(20)19(3)8-13-17-10(2)9-22-13/h5-7,9H,4,8H2,1-3H3,(H,18,20). The number of halogens is 1. The molecule has 2 aromatic rings. The first-order chi connectivity index (χ1) is 10.5. The highest BCUT2D eigenvalue weighted by Crippen LogP contribution is 2.33. The van der Waals surface area contributed by atoms with Crippen LogP contribution in [0.2, 0.25) is 5.02 Å². The number of anilines is 1. The molecule has 0 radical (unpaired) electrons. The molecule has 0 spiro atoms. The molecule has 118 valence electrons. The highest BCUT2D eigenvalue weighted by Gasteiger charge is 2.15. The molecule has 0 unspecified atom stereocenters. The zero-order valence-electron chi connectivity index (χ0n) is 12.7. The number of hydrogen-bond acceptors (Lipinski definition) is 4. The summed E-state index contributed by atoms with van der Waals surface area (Å²) in [6, 6.07) is 5.02. The van der Waals surface area contributed by atoms with Crippen LogP contribution in [-0.4, -0.2) is 29.6 Å². The Morgan fingerprint density at radius 2 is 2.27 bits per heavy atom. The van der Waals surface area contributed by atoms with Crippen molar-refractivity contribution in [3.63, 3.8) is 0 Å². The molecule has 2 rings (SSSR count). The van der Waals surface area contributed by atoms with Gasteiger partial charge in [0.15, 0.2) is 5.75 Å². The summed E-state index contributed by atoms with van der Waals surface area (Å²) < 4.78 is 5.49. The van der Waals surface area contributed by atoms with E-state index in [0.717, 1.165) is 10.7 Å². The third-order valence-electron chi connectivity index (χ3n) is 2.88. The third kappa shape index (κ3) is 4.11. The highest BCUT2D eigenvalue weighted by atomic mass is 35.5. The van der Waals surface area contributed by atoms with E-state index in [1.165, 1.54) is 11.3 Å². The average molecular weight is 340 g/mol. The van der Waals surface area contributed by atoms with Crippen LogP contribution in [0.4, 0.5) is 10.5 Å². The Morgan fingerprint density at radius 3 is 2.91 bits per heavy atom. The zero-order valence-corrected chi connectivity index (χ0v) is 14.3. The van der Waals surface area contributed by atoms with Gasteiger partial charge in [0.05, 0.1) is 23.9 Å². The first-order valence-electron chi connectivity index (χ1n) is 6.85. The van der Waals surface area contributed by atoms with E-state index < -0.39 is 0 Å². The van der Waals surface area contributed by atoms with E-state index >= 15 is 0 Å². The molecule has 0 saturated heterocycles. The lowest BCUT2D eigenvalue weighted by Gasteiger charge is -2.18. The van der Waals surface area contributed by atoms with Gasteiger partial charge in [-0.3, -0.25) is 0 Å². The minimum Gasteiger partial charge on any atom is -0.490 e. The zero-order chi connectivity index (χ0) is 16.1. The van der Waals surface area contributed by atoms with Crippen LogP contribution in [0.15, 0.2) is 23.6 Å². The number of aryl methyl sites for hydroxylation is 1. The molecule has 7 heteroatoms. The number of para-hydroxylation sites is 1. The highest BCUT2D eigenvalue weighted by molar-refractivity contribution is 7.09. The fourth-order valence-corrected chi connectivity index (χ4v) is 2.91. The van der Waals surface area contributed by atoms with E-state index in [1.807, 2.05) is 19.2 Å². The molecule has 0 atom stereocenters. The van der Waals surface area contributed by atoms with Crippen LogP contribution in [0, 0.1) is 6.92 Å². The van der Waals surface area contributed by atoms with Crippen molar-refractivity contribution in [2.45, 2.75) is 20.4 Å². The molecule has 5 nitrogen and oxygen atoms in total. The number of carbonyl (C=O) groups excluding carboxylic acids is 1. The van der Waals surface area contributed by atoms with E-state index in [4.69, 9.17) is 16.3 Å². The van der Waals surface area contributed by atoms with Crippen LogP contribution in [-0.2, 0) is 6.54 Å². The molecule has 22 heavy (non-hydrogen) atoms. The molecular weight excluding hydrogens is 322 g/mol. The Hall–Kier alpha value is -1.79. The van der Waals surface area contributed by atoms with Gasteiger partial charge < -0.3 is 15.0 Å². The molecule has 1 N–H and O–H groups in total. The molecule has 0 aliphatic carbocycles. The van der Waals surface area contributed by atoms with Gasteiger partial charge in [0.2, 0.25) is 0 Å². The smallest absolute Gasteiger partial charge is 0.322 e. The van der Waals surface area contributed by atoms with Crippen molar-refractivity contribution in [2.75, 3.05) is 19.0 Å². The molecule has 0 aliphatic heterocycles.